The smallest absolute Gasteiger partial charge is 0.256 e. The molecule has 0 unspecified atom stereocenters. The number of hydrogen-bond donors (Lipinski definition) is 2. The highest BCUT2D eigenvalue weighted by atomic mass is 79.9. The predicted molar refractivity (Wildman–Crippen MR) is 87.6 cm³/mol. The number of aromatic amines is 1. The normalized spacial score (nSPS) is 10.8. The number of nitrogens with one attached hydrogen (secondary N) is 2. The highest BCUT2D eigenvalue weighted by Gasteiger charge is 2.09. The van der Waals surface area contributed by atoms with E-state index in [0.717, 1.165) is 27.4 Å². The van der Waals surface area contributed by atoms with Crippen LogP contribution in [-0.4, -0.2) is 16.1 Å². The van der Waals surface area contributed by atoms with Gasteiger partial charge in [-0.05, 0) is 41.5 Å². The van der Waals surface area contributed by atoms with Gasteiger partial charge in [0.2, 0.25) is 0 Å². The van der Waals surface area contributed by atoms with Gasteiger partial charge in [0.1, 0.15) is 0 Å². The number of rotatable bonds is 3. The number of halogens is 1. The van der Waals surface area contributed by atoms with Gasteiger partial charge in [-0.1, -0.05) is 35.0 Å². The van der Waals surface area contributed by atoms with E-state index < -0.39 is 0 Å². The number of aromatic nitrogens is 2. The molecule has 2 N–H and O–H groups in total. The number of carbonyl (C=O) groups excluding carboxylic acids is 1. The van der Waals surface area contributed by atoms with Crippen molar-refractivity contribution in [3.05, 3.63) is 58.2 Å². The number of fused-ring (bicyclic) bond motifs is 1. The van der Waals surface area contributed by atoms with Crippen molar-refractivity contribution in [2.45, 2.75) is 13.3 Å². The summed E-state index contributed by atoms with van der Waals surface area (Å²) in [6.07, 6.45) is 0.855. The van der Waals surface area contributed by atoms with Gasteiger partial charge in [-0.15, -0.1) is 0 Å². The van der Waals surface area contributed by atoms with E-state index in [1.807, 2.05) is 49.4 Å². The third-order valence-corrected chi connectivity index (χ3v) is 3.81. The van der Waals surface area contributed by atoms with Crippen LogP contribution in [0.25, 0.3) is 10.8 Å². The lowest BCUT2D eigenvalue weighted by atomic mass is 10.1. The fourth-order valence-corrected chi connectivity index (χ4v) is 2.53. The lowest BCUT2D eigenvalue weighted by Crippen LogP contribution is -2.12. The first kappa shape index (κ1) is 13.8. The number of H-pyrrole nitrogens is 1. The Morgan fingerprint density at radius 2 is 1.95 bits per heavy atom. The van der Waals surface area contributed by atoms with Crippen molar-refractivity contribution in [1.82, 2.24) is 10.2 Å². The molecule has 0 aliphatic rings. The van der Waals surface area contributed by atoms with Crippen LogP contribution in [0.3, 0.4) is 0 Å². The molecule has 1 aromatic heterocycles. The zero-order valence-corrected chi connectivity index (χ0v) is 13.1. The molecule has 0 bridgehead atoms. The number of hydrogen-bond acceptors (Lipinski definition) is 2. The highest BCUT2D eigenvalue weighted by Crippen LogP contribution is 2.21. The minimum atomic E-state index is -0.158. The van der Waals surface area contributed by atoms with Crippen LogP contribution in [0.15, 0.2) is 46.9 Å². The van der Waals surface area contributed by atoms with Gasteiger partial charge in [0.25, 0.3) is 5.91 Å². The van der Waals surface area contributed by atoms with Crippen LogP contribution in [0, 0.1) is 0 Å². The average molecular weight is 344 g/mol. The van der Waals surface area contributed by atoms with Crippen molar-refractivity contribution in [2.24, 2.45) is 0 Å². The van der Waals surface area contributed by atoms with Crippen LogP contribution in [0.4, 0.5) is 5.82 Å². The van der Waals surface area contributed by atoms with Crippen LogP contribution in [-0.2, 0) is 6.42 Å². The standard InChI is InChI=1S/C16H14BrN3O/c1-2-14-9-15(20-19-14)18-16(21)12-4-3-11-8-13(17)6-5-10(11)7-12/h3-9H,2H2,1H3,(H2,18,19,20,21). The summed E-state index contributed by atoms with van der Waals surface area (Å²) in [6, 6.07) is 13.5. The first-order valence-corrected chi connectivity index (χ1v) is 7.50. The summed E-state index contributed by atoms with van der Waals surface area (Å²) in [5.41, 5.74) is 1.61. The Kier molecular flexibility index (Phi) is 3.75. The van der Waals surface area contributed by atoms with Gasteiger partial charge in [-0.3, -0.25) is 9.89 Å². The Bertz CT molecular complexity index is 810. The molecule has 5 heteroatoms. The fourth-order valence-electron chi connectivity index (χ4n) is 2.15. The van der Waals surface area contributed by atoms with Gasteiger partial charge in [0.15, 0.2) is 5.82 Å². The number of benzene rings is 2. The summed E-state index contributed by atoms with van der Waals surface area (Å²) < 4.78 is 1.02. The quantitative estimate of drug-likeness (QED) is 0.750. The molecular formula is C16H14BrN3O. The number of carbonyl (C=O) groups is 1. The zero-order chi connectivity index (χ0) is 14.8. The molecule has 0 saturated carbocycles. The Hall–Kier alpha value is -2.14. The van der Waals surface area contributed by atoms with Crippen LogP contribution in [0.1, 0.15) is 23.0 Å². The zero-order valence-electron chi connectivity index (χ0n) is 11.5. The molecule has 3 aromatic rings. The monoisotopic (exact) mass is 343 g/mol. The van der Waals surface area contributed by atoms with Gasteiger partial charge < -0.3 is 5.32 Å². The molecule has 0 fully saturated rings. The van der Waals surface area contributed by atoms with Gasteiger partial charge >= 0.3 is 0 Å². The van der Waals surface area contributed by atoms with E-state index in [4.69, 9.17) is 0 Å². The Balaban J connectivity index is 1.85. The molecule has 0 radical (unpaired) electrons. The fraction of sp³-hybridized carbons (Fsp3) is 0.125. The molecular weight excluding hydrogens is 330 g/mol. The molecule has 0 spiro atoms. The highest BCUT2D eigenvalue weighted by molar-refractivity contribution is 9.10. The maximum absolute atomic E-state index is 12.2. The largest absolute Gasteiger partial charge is 0.305 e. The molecule has 1 amide bonds. The van der Waals surface area contributed by atoms with Crippen molar-refractivity contribution in [3.8, 4) is 0 Å². The summed E-state index contributed by atoms with van der Waals surface area (Å²) in [7, 11) is 0. The second kappa shape index (κ2) is 5.69. The van der Waals surface area contributed by atoms with E-state index in [1.54, 1.807) is 0 Å². The van der Waals surface area contributed by atoms with E-state index in [-0.39, 0.29) is 5.91 Å². The van der Waals surface area contributed by atoms with Gasteiger partial charge in [-0.2, -0.15) is 5.10 Å². The van der Waals surface area contributed by atoms with Crippen molar-refractivity contribution < 1.29 is 4.79 Å². The number of nitrogens with zero attached hydrogens (tertiary/aromatic N) is 1. The van der Waals surface area contributed by atoms with E-state index in [2.05, 4.69) is 31.4 Å². The minimum absolute atomic E-state index is 0.158. The van der Waals surface area contributed by atoms with Crippen molar-refractivity contribution >= 4 is 38.4 Å². The molecule has 1 heterocycles. The van der Waals surface area contributed by atoms with E-state index in [1.165, 1.54) is 0 Å². The maximum atomic E-state index is 12.2. The van der Waals surface area contributed by atoms with E-state index in [9.17, 15) is 4.79 Å². The predicted octanol–water partition coefficient (Wildman–Crippen LogP) is 4.14. The lowest BCUT2D eigenvalue weighted by molar-refractivity contribution is 0.102. The SMILES string of the molecule is CCc1cc(NC(=O)c2ccc3cc(Br)ccc3c2)n[nH]1. The second-order valence-corrected chi connectivity index (χ2v) is 5.71. The third kappa shape index (κ3) is 2.97. The Labute approximate surface area is 130 Å². The summed E-state index contributed by atoms with van der Waals surface area (Å²) in [5.74, 6) is 0.390. The van der Waals surface area contributed by atoms with E-state index >= 15 is 0 Å². The molecule has 0 atom stereocenters. The molecule has 4 nitrogen and oxygen atoms in total. The summed E-state index contributed by atoms with van der Waals surface area (Å²) in [6.45, 7) is 2.03. The number of amides is 1. The molecule has 0 aliphatic heterocycles. The topological polar surface area (TPSA) is 57.8 Å². The first-order valence-electron chi connectivity index (χ1n) is 6.70. The molecule has 2 aromatic carbocycles. The van der Waals surface area contributed by atoms with Crippen LogP contribution < -0.4 is 5.32 Å². The van der Waals surface area contributed by atoms with Crippen LogP contribution in [0.2, 0.25) is 0 Å². The minimum Gasteiger partial charge on any atom is -0.305 e. The number of aryl methyl sites for hydroxylation is 1. The van der Waals surface area contributed by atoms with Gasteiger partial charge in [-0.25, -0.2) is 0 Å². The second-order valence-electron chi connectivity index (χ2n) is 4.79. The molecule has 0 saturated heterocycles. The summed E-state index contributed by atoms with van der Waals surface area (Å²) in [4.78, 5) is 12.2. The lowest BCUT2D eigenvalue weighted by Gasteiger charge is -2.04. The molecule has 3 rings (SSSR count). The molecule has 106 valence electrons. The number of anilines is 1. The first-order chi connectivity index (χ1) is 10.2. The molecule has 0 aliphatic carbocycles. The maximum Gasteiger partial charge on any atom is 0.256 e. The Morgan fingerprint density at radius 3 is 2.71 bits per heavy atom. The van der Waals surface area contributed by atoms with Gasteiger partial charge in [0, 0.05) is 21.8 Å². The average Bonchev–Trinajstić information content (AvgIpc) is 2.94. The third-order valence-electron chi connectivity index (χ3n) is 3.32. The van der Waals surface area contributed by atoms with Crippen molar-refractivity contribution in [3.63, 3.8) is 0 Å². The van der Waals surface area contributed by atoms with Crippen LogP contribution in [0.5, 0.6) is 0 Å². The summed E-state index contributed by atoms with van der Waals surface area (Å²) >= 11 is 3.44. The van der Waals surface area contributed by atoms with Gasteiger partial charge in [0.05, 0.1) is 0 Å². The van der Waals surface area contributed by atoms with Crippen molar-refractivity contribution in [2.75, 3.05) is 5.32 Å². The van der Waals surface area contributed by atoms with E-state index in [0.29, 0.717) is 11.4 Å². The Morgan fingerprint density at radius 1 is 1.19 bits per heavy atom. The summed E-state index contributed by atoms with van der Waals surface area (Å²) in [5, 5.41) is 11.9. The van der Waals surface area contributed by atoms with Crippen molar-refractivity contribution in [1.29, 1.82) is 0 Å². The van der Waals surface area contributed by atoms with Crippen LogP contribution >= 0.6 is 15.9 Å². The molecule has 21 heavy (non-hydrogen) atoms.